The van der Waals surface area contributed by atoms with Gasteiger partial charge < -0.3 is 5.32 Å². The minimum atomic E-state index is 0.569. The van der Waals surface area contributed by atoms with E-state index in [-0.39, 0.29) is 0 Å². The second-order valence-electron chi connectivity index (χ2n) is 4.45. The van der Waals surface area contributed by atoms with Gasteiger partial charge in [0.2, 0.25) is 0 Å². The van der Waals surface area contributed by atoms with Gasteiger partial charge in [0.05, 0.1) is 12.2 Å². The fourth-order valence-corrected chi connectivity index (χ4v) is 1.88. The number of nitrogens with zero attached hydrogens (tertiary/aromatic N) is 2. The summed E-state index contributed by atoms with van der Waals surface area (Å²) in [6, 6.07) is 1.35. The highest BCUT2D eigenvalue weighted by atomic mass is 15.3. The monoisotopic (exact) mass is 207 g/mol. The van der Waals surface area contributed by atoms with Gasteiger partial charge in [-0.25, -0.2) is 0 Å². The molecule has 1 heterocycles. The van der Waals surface area contributed by atoms with E-state index in [0.29, 0.717) is 6.04 Å². The van der Waals surface area contributed by atoms with Crippen molar-refractivity contribution in [1.29, 1.82) is 0 Å². The first-order chi connectivity index (χ1) is 7.33. The molecule has 0 atom stereocenters. The lowest BCUT2D eigenvalue weighted by atomic mass is 10.2. The zero-order chi connectivity index (χ0) is 10.7. The molecule has 2 rings (SSSR count). The number of rotatable bonds is 6. The van der Waals surface area contributed by atoms with Gasteiger partial charge in [0.25, 0.3) is 0 Å². The van der Waals surface area contributed by atoms with Gasteiger partial charge in [-0.1, -0.05) is 13.8 Å². The molecule has 1 aromatic rings. The fourth-order valence-electron chi connectivity index (χ4n) is 1.88. The van der Waals surface area contributed by atoms with Crippen molar-refractivity contribution in [2.45, 2.75) is 58.2 Å². The van der Waals surface area contributed by atoms with E-state index in [1.54, 1.807) is 0 Å². The lowest BCUT2D eigenvalue weighted by Crippen LogP contribution is -2.14. The third kappa shape index (κ3) is 2.81. The Labute approximate surface area is 91.9 Å². The molecule has 0 radical (unpaired) electrons. The first-order valence-corrected chi connectivity index (χ1v) is 6.09. The first kappa shape index (κ1) is 10.7. The molecule has 15 heavy (non-hydrogen) atoms. The molecular formula is C12H21N3. The first-order valence-electron chi connectivity index (χ1n) is 6.09. The van der Waals surface area contributed by atoms with Crippen LogP contribution in [0.15, 0.2) is 12.4 Å². The highest BCUT2D eigenvalue weighted by molar-refractivity contribution is 5.05. The molecule has 0 bridgehead atoms. The summed E-state index contributed by atoms with van der Waals surface area (Å²) in [5.41, 5.74) is 1.31. The SMILES string of the molecule is CCC(CC)n1cc(CNC2CC2)cn1. The molecule has 84 valence electrons. The normalized spacial score (nSPS) is 16.2. The lowest BCUT2D eigenvalue weighted by Gasteiger charge is -2.12. The summed E-state index contributed by atoms with van der Waals surface area (Å²) in [5.74, 6) is 0. The van der Waals surface area contributed by atoms with E-state index in [2.05, 4.69) is 35.1 Å². The number of hydrogen-bond acceptors (Lipinski definition) is 2. The van der Waals surface area contributed by atoms with E-state index in [0.717, 1.165) is 25.4 Å². The van der Waals surface area contributed by atoms with Crippen LogP contribution < -0.4 is 5.32 Å². The average molecular weight is 207 g/mol. The van der Waals surface area contributed by atoms with Crippen molar-refractivity contribution in [3.8, 4) is 0 Å². The Morgan fingerprint density at radius 2 is 2.20 bits per heavy atom. The van der Waals surface area contributed by atoms with E-state index in [1.807, 2.05) is 6.20 Å². The van der Waals surface area contributed by atoms with Gasteiger partial charge in [-0.15, -0.1) is 0 Å². The van der Waals surface area contributed by atoms with E-state index in [1.165, 1.54) is 18.4 Å². The van der Waals surface area contributed by atoms with Crippen molar-refractivity contribution in [3.05, 3.63) is 18.0 Å². The molecule has 0 spiro atoms. The Kier molecular flexibility index (Phi) is 3.41. The van der Waals surface area contributed by atoms with Crippen LogP contribution in [-0.4, -0.2) is 15.8 Å². The molecule has 1 aliphatic rings. The summed E-state index contributed by atoms with van der Waals surface area (Å²) < 4.78 is 2.11. The van der Waals surface area contributed by atoms with Crippen LogP contribution in [0.25, 0.3) is 0 Å². The molecule has 1 aliphatic carbocycles. The van der Waals surface area contributed by atoms with E-state index in [4.69, 9.17) is 0 Å². The third-order valence-corrected chi connectivity index (χ3v) is 3.14. The number of aromatic nitrogens is 2. The molecule has 1 N–H and O–H groups in total. The van der Waals surface area contributed by atoms with Crippen LogP contribution in [0.4, 0.5) is 0 Å². The second-order valence-corrected chi connectivity index (χ2v) is 4.45. The Bertz CT molecular complexity index is 298. The quantitative estimate of drug-likeness (QED) is 0.776. The van der Waals surface area contributed by atoms with E-state index >= 15 is 0 Å². The van der Waals surface area contributed by atoms with Crippen molar-refractivity contribution in [2.24, 2.45) is 0 Å². The summed E-state index contributed by atoms with van der Waals surface area (Å²) in [5, 5.41) is 7.94. The van der Waals surface area contributed by atoms with Crippen LogP contribution in [0, 0.1) is 0 Å². The molecule has 1 fully saturated rings. The fraction of sp³-hybridized carbons (Fsp3) is 0.750. The highest BCUT2D eigenvalue weighted by Gasteiger charge is 2.20. The van der Waals surface area contributed by atoms with Crippen LogP contribution in [-0.2, 0) is 6.54 Å². The second kappa shape index (κ2) is 4.79. The summed E-state index contributed by atoms with van der Waals surface area (Å²) in [7, 11) is 0. The Morgan fingerprint density at radius 3 is 2.80 bits per heavy atom. The number of hydrogen-bond donors (Lipinski definition) is 1. The zero-order valence-electron chi connectivity index (χ0n) is 9.74. The molecule has 0 aliphatic heterocycles. The number of nitrogens with one attached hydrogen (secondary N) is 1. The Morgan fingerprint density at radius 1 is 1.47 bits per heavy atom. The highest BCUT2D eigenvalue weighted by Crippen LogP contribution is 2.20. The average Bonchev–Trinajstić information content (AvgIpc) is 2.97. The van der Waals surface area contributed by atoms with Gasteiger partial charge >= 0.3 is 0 Å². The molecular weight excluding hydrogens is 186 g/mol. The molecule has 0 aromatic carbocycles. The Balaban J connectivity index is 1.89. The van der Waals surface area contributed by atoms with Crippen molar-refractivity contribution in [1.82, 2.24) is 15.1 Å². The molecule has 0 amide bonds. The van der Waals surface area contributed by atoms with Crippen LogP contribution in [0.3, 0.4) is 0 Å². The van der Waals surface area contributed by atoms with E-state index in [9.17, 15) is 0 Å². The Hall–Kier alpha value is -0.830. The van der Waals surface area contributed by atoms with Crippen molar-refractivity contribution in [2.75, 3.05) is 0 Å². The predicted octanol–water partition coefficient (Wildman–Crippen LogP) is 2.50. The maximum Gasteiger partial charge on any atom is 0.0534 e. The molecule has 1 saturated carbocycles. The summed E-state index contributed by atoms with van der Waals surface area (Å²) in [6.07, 6.45) is 9.20. The van der Waals surface area contributed by atoms with Gasteiger partial charge in [0.15, 0.2) is 0 Å². The third-order valence-electron chi connectivity index (χ3n) is 3.14. The van der Waals surface area contributed by atoms with Crippen molar-refractivity contribution in [3.63, 3.8) is 0 Å². The summed E-state index contributed by atoms with van der Waals surface area (Å²) in [6.45, 7) is 5.42. The lowest BCUT2D eigenvalue weighted by molar-refractivity contribution is 0.428. The van der Waals surface area contributed by atoms with Crippen molar-refractivity contribution < 1.29 is 0 Å². The maximum atomic E-state index is 4.43. The van der Waals surface area contributed by atoms with Crippen LogP contribution in [0.2, 0.25) is 0 Å². The summed E-state index contributed by atoms with van der Waals surface area (Å²) in [4.78, 5) is 0. The molecule has 0 saturated heterocycles. The van der Waals surface area contributed by atoms with Gasteiger partial charge in [-0.2, -0.15) is 5.10 Å². The standard InChI is InChI=1S/C12H21N3/c1-3-12(4-2)15-9-10(8-14-15)7-13-11-5-6-11/h8-9,11-13H,3-7H2,1-2H3. The minimum absolute atomic E-state index is 0.569. The molecule has 0 unspecified atom stereocenters. The minimum Gasteiger partial charge on any atom is -0.310 e. The van der Waals surface area contributed by atoms with Crippen LogP contribution in [0.1, 0.15) is 51.1 Å². The van der Waals surface area contributed by atoms with Gasteiger partial charge in [0.1, 0.15) is 0 Å². The van der Waals surface area contributed by atoms with Gasteiger partial charge in [-0.3, -0.25) is 4.68 Å². The summed E-state index contributed by atoms with van der Waals surface area (Å²) >= 11 is 0. The van der Waals surface area contributed by atoms with Gasteiger partial charge in [-0.05, 0) is 25.7 Å². The van der Waals surface area contributed by atoms with Gasteiger partial charge in [0, 0.05) is 24.3 Å². The molecule has 1 aromatic heterocycles. The molecule has 3 nitrogen and oxygen atoms in total. The predicted molar refractivity (Wildman–Crippen MR) is 61.7 cm³/mol. The topological polar surface area (TPSA) is 29.9 Å². The maximum absolute atomic E-state index is 4.43. The smallest absolute Gasteiger partial charge is 0.0534 e. The van der Waals surface area contributed by atoms with Crippen molar-refractivity contribution >= 4 is 0 Å². The largest absolute Gasteiger partial charge is 0.310 e. The van der Waals surface area contributed by atoms with E-state index < -0.39 is 0 Å². The van der Waals surface area contributed by atoms with Crippen LogP contribution in [0.5, 0.6) is 0 Å². The van der Waals surface area contributed by atoms with Crippen LogP contribution >= 0.6 is 0 Å². The zero-order valence-corrected chi connectivity index (χ0v) is 9.74. The molecule has 3 heteroatoms.